The van der Waals surface area contributed by atoms with Crippen LogP contribution in [0.3, 0.4) is 0 Å². The molecule has 0 saturated carbocycles. The highest BCUT2D eigenvalue weighted by Gasteiger charge is 2.00. The molecule has 0 aromatic heterocycles. The monoisotopic (exact) mass is 249 g/mol. The zero-order valence-corrected chi connectivity index (χ0v) is 11.9. The molecule has 3 N–H and O–H groups in total. The number of hydrogen-bond donors (Lipinski definition) is 2. The van der Waals surface area contributed by atoms with Gasteiger partial charge in [0.1, 0.15) is 0 Å². The summed E-state index contributed by atoms with van der Waals surface area (Å²) in [5, 5.41) is 3.32. The number of hydrogen-bond acceptors (Lipinski definition) is 3. The van der Waals surface area contributed by atoms with Crippen molar-refractivity contribution in [1.29, 1.82) is 0 Å². The van der Waals surface area contributed by atoms with E-state index < -0.39 is 0 Å². The lowest BCUT2D eigenvalue weighted by Gasteiger charge is -2.17. The van der Waals surface area contributed by atoms with E-state index in [1.807, 2.05) is 6.92 Å². The zero-order valence-electron chi connectivity index (χ0n) is 11.9. The molecule has 0 spiro atoms. The summed E-state index contributed by atoms with van der Waals surface area (Å²) in [4.78, 5) is 2.45. The third-order valence-electron chi connectivity index (χ3n) is 3.19. The molecule has 0 bridgehead atoms. The molecular formula is C15H27N3. The van der Waals surface area contributed by atoms with E-state index in [4.69, 9.17) is 5.73 Å². The van der Waals surface area contributed by atoms with Crippen LogP contribution in [-0.4, -0.2) is 37.1 Å². The van der Waals surface area contributed by atoms with Crippen LogP contribution in [0.2, 0.25) is 0 Å². The van der Waals surface area contributed by atoms with Gasteiger partial charge in [-0.3, -0.25) is 0 Å². The first kappa shape index (κ1) is 15.0. The van der Waals surface area contributed by atoms with Gasteiger partial charge in [-0.05, 0) is 44.1 Å². The standard InChI is InChI=1S/C15H27N3/c1-4-18(5-2)11-10-14-6-8-15(9-7-14)17-12-13(3)16/h6-9,13,17H,4-5,10-12,16H2,1-3H3. The van der Waals surface area contributed by atoms with Gasteiger partial charge in [0, 0.05) is 24.8 Å². The van der Waals surface area contributed by atoms with Gasteiger partial charge >= 0.3 is 0 Å². The molecule has 3 heteroatoms. The van der Waals surface area contributed by atoms with Crippen molar-refractivity contribution in [3.8, 4) is 0 Å². The molecule has 1 rings (SSSR count). The summed E-state index contributed by atoms with van der Waals surface area (Å²) < 4.78 is 0. The van der Waals surface area contributed by atoms with E-state index in [1.165, 1.54) is 5.56 Å². The van der Waals surface area contributed by atoms with Crippen LogP contribution in [-0.2, 0) is 6.42 Å². The SMILES string of the molecule is CCN(CC)CCc1ccc(NCC(C)N)cc1. The Balaban J connectivity index is 2.40. The third kappa shape index (κ3) is 5.52. The predicted molar refractivity (Wildman–Crippen MR) is 80.1 cm³/mol. The molecule has 0 aliphatic carbocycles. The van der Waals surface area contributed by atoms with Crippen molar-refractivity contribution < 1.29 is 0 Å². The fourth-order valence-electron chi connectivity index (χ4n) is 1.90. The maximum atomic E-state index is 5.71. The Hall–Kier alpha value is -1.06. The highest BCUT2D eigenvalue weighted by atomic mass is 15.1. The second-order valence-electron chi connectivity index (χ2n) is 4.83. The van der Waals surface area contributed by atoms with Crippen LogP contribution in [0, 0.1) is 0 Å². The minimum atomic E-state index is 0.187. The van der Waals surface area contributed by atoms with Crippen LogP contribution >= 0.6 is 0 Å². The molecular weight excluding hydrogens is 222 g/mol. The summed E-state index contributed by atoms with van der Waals surface area (Å²) in [6.45, 7) is 10.6. The molecule has 0 amide bonds. The molecule has 1 aromatic carbocycles. The van der Waals surface area contributed by atoms with E-state index in [-0.39, 0.29) is 6.04 Å². The lowest BCUT2D eigenvalue weighted by Crippen LogP contribution is -2.25. The number of rotatable bonds is 8. The largest absolute Gasteiger partial charge is 0.383 e. The first-order valence-corrected chi connectivity index (χ1v) is 6.96. The normalized spacial score (nSPS) is 12.7. The van der Waals surface area contributed by atoms with Crippen molar-refractivity contribution >= 4 is 5.69 Å². The van der Waals surface area contributed by atoms with Gasteiger partial charge in [0.15, 0.2) is 0 Å². The van der Waals surface area contributed by atoms with Crippen LogP contribution in [0.15, 0.2) is 24.3 Å². The van der Waals surface area contributed by atoms with Gasteiger partial charge in [-0.15, -0.1) is 0 Å². The first-order valence-electron chi connectivity index (χ1n) is 6.96. The van der Waals surface area contributed by atoms with E-state index in [9.17, 15) is 0 Å². The Morgan fingerprint density at radius 3 is 2.28 bits per heavy atom. The van der Waals surface area contributed by atoms with Crippen molar-refractivity contribution in [2.75, 3.05) is 31.5 Å². The number of nitrogens with zero attached hydrogens (tertiary/aromatic N) is 1. The fourth-order valence-corrected chi connectivity index (χ4v) is 1.90. The van der Waals surface area contributed by atoms with Gasteiger partial charge in [0.2, 0.25) is 0 Å². The highest BCUT2D eigenvalue weighted by molar-refractivity contribution is 5.44. The number of likely N-dealkylation sites (N-methyl/N-ethyl adjacent to an activating group) is 1. The number of nitrogens with one attached hydrogen (secondary N) is 1. The molecule has 0 fully saturated rings. The summed E-state index contributed by atoms with van der Waals surface area (Å²) in [6.07, 6.45) is 1.12. The van der Waals surface area contributed by atoms with Crippen LogP contribution in [0.25, 0.3) is 0 Å². The zero-order chi connectivity index (χ0) is 13.4. The maximum Gasteiger partial charge on any atom is 0.0340 e. The quantitative estimate of drug-likeness (QED) is 0.743. The van der Waals surface area contributed by atoms with Crippen LogP contribution in [0.1, 0.15) is 26.3 Å². The summed E-state index contributed by atoms with van der Waals surface area (Å²) in [5.41, 5.74) is 8.26. The Morgan fingerprint density at radius 1 is 1.17 bits per heavy atom. The summed E-state index contributed by atoms with van der Waals surface area (Å²) in [6, 6.07) is 8.87. The van der Waals surface area contributed by atoms with Crippen LogP contribution < -0.4 is 11.1 Å². The van der Waals surface area contributed by atoms with E-state index >= 15 is 0 Å². The van der Waals surface area contributed by atoms with Gasteiger partial charge in [-0.1, -0.05) is 26.0 Å². The van der Waals surface area contributed by atoms with Crippen molar-refractivity contribution in [1.82, 2.24) is 4.90 Å². The van der Waals surface area contributed by atoms with Crippen molar-refractivity contribution in [3.05, 3.63) is 29.8 Å². The first-order chi connectivity index (χ1) is 8.65. The Bertz CT molecular complexity index is 315. The molecule has 18 heavy (non-hydrogen) atoms. The lowest BCUT2D eigenvalue weighted by molar-refractivity contribution is 0.308. The highest BCUT2D eigenvalue weighted by Crippen LogP contribution is 2.10. The molecule has 0 radical (unpaired) electrons. The molecule has 1 unspecified atom stereocenters. The van der Waals surface area contributed by atoms with Gasteiger partial charge < -0.3 is 16.0 Å². The number of benzene rings is 1. The summed E-state index contributed by atoms with van der Waals surface area (Å²) >= 11 is 0. The van der Waals surface area contributed by atoms with E-state index in [2.05, 4.69) is 48.3 Å². The molecule has 0 aliphatic heterocycles. The molecule has 1 atom stereocenters. The summed E-state index contributed by atoms with van der Waals surface area (Å²) in [7, 11) is 0. The third-order valence-corrected chi connectivity index (χ3v) is 3.19. The Morgan fingerprint density at radius 2 is 1.78 bits per heavy atom. The smallest absolute Gasteiger partial charge is 0.0340 e. The number of anilines is 1. The molecule has 1 aromatic rings. The summed E-state index contributed by atoms with van der Waals surface area (Å²) in [5.74, 6) is 0. The Labute approximate surface area is 111 Å². The topological polar surface area (TPSA) is 41.3 Å². The minimum Gasteiger partial charge on any atom is -0.383 e. The molecule has 0 aliphatic rings. The predicted octanol–water partition coefficient (Wildman–Crippen LogP) is 2.33. The fraction of sp³-hybridized carbons (Fsp3) is 0.600. The van der Waals surface area contributed by atoms with Crippen LogP contribution in [0.4, 0.5) is 5.69 Å². The average molecular weight is 249 g/mol. The Kier molecular flexibility index (Phi) is 6.76. The second-order valence-corrected chi connectivity index (χ2v) is 4.83. The molecule has 0 heterocycles. The maximum absolute atomic E-state index is 5.71. The minimum absolute atomic E-state index is 0.187. The van der Waals surface area contributed by atoms with Crippen LogP contribution in [0.5, 0.6) is 0 Å². The van der Waals surface area contributed by atoms with Crippen molar-refractivity contribution in [3.63, 3.8) is 0 Å². The van der Waals surface area contributed by atoms with Crippen molar-refractivity contribution in [2.24, 2.45) is 5.73 Å². The van der Waals surface area contributed by atoms with E-state index in [0.717, 1.165) is 38.3 Å². The van der Waals surface area contributed by atoms with Crippen molar-refractivity contribution in [2.45, 2.75) is 33.2 Å². The average Bonchev–Trinajstić information content (AvgIpc) is 2.39. The molecule has 0 saturated heterocycles. The van der Waals surface area contributed by atoms with E-state index in [0.29, 0.717) is 0 Å². The van der Waals surface area contributed by atoms with Gasteiger partial charge in [0.25, 0.3) is 0 Å². The molecule has 102 valence electrons. The van der Waals surface area contributed by atoms with Gasteiger partial charge in [-0.25, -0.2) is 0 Å². The van der Waals surface area contributed by atoms with Gasteiger partial charge in [0.05, 0.1) is 0 Å². The van der Waals surface area contributed by atoms with Gasteiger partial charge in [-0.2, -0.15) is 0 Å². The van der Waals surface area contributed by atoms with E-state index in [1.54, 1.807) is 0 Å². The lowest BCUT2D eigenvalue weighted by atomic mass is 10.1. The second kappa shape index (κ2) is 8.11. The molecule has 3 nitrogen and oxygen atoms in total. The number of nitrogens with two attached hydrogens (primary N) is 1.